The molecule has 0 aliphatic heterocycles. The largest absolute Gasteiger partial charge is 0.463 e. The summed E-state index contributed by atoms with van der Waals surface area (Å²) in [4.78, 5) is 25.3. The van der Waals surface area contributed by atoms with Crippen molar-refractivity contribution in [1.82, 2.24) is 0 Å². The molecule has 5 heteroatoms. The summed E-state index contributed by atoms with van der Waals surface area (Å²) >= 11 is 0. The summed E-state index contributed by atoms with van der Waals surface area (Å²) in [5.41, 5.74) is 0. The van der Waals surface area contributed by atoms with Crippen LogP contribution in [0.1, 0.15) is 329 Å². The molecule has 0 saturated heterocycles. The van der Waals surface area contributed by atoms with E-state index in [1.165, 1.54) is 250 Å². The predicted molar refractivity (Wildman–Crippen MR) is 279 cm³/mol. The highest BCUT2D eigenvalue weighted by molar-refractivity contribution is 5.69. The monoisotopic (exact) mass is 903 g/mol. The van der Waals surface area contributed by atoms with Gasteiger partial charge in [0.05, 0.1) is 0 Å². The third-order valence-corrected chi connectivity index (χ3v) is 13.3. The SMILES string of the molecule is CCCCCC/C=C\CCCCCCCC(=O)OC[C@H](COC(=O)CCCCCCCCCCCCCCCCCCCCC)OCCCCCCCCCCCCCCCCCC. The van der Waals surface area contributed by atoms with E-state index in [9.17, 15) is 9.59 Å². The van der Waals surface area contributed by atoms with Crippen LogP contribution in [0.5, 0.6) is 0 Å². The molecular formula is C59H114O5. The van der Waals surface area contributed by atoms with Crippen LogP contribution in [0.2, 0.25) is 0 Å². The van der Waals surface area contributed by atoms with Gasteiger partial charge in [0.15, 0.2) is 0 Å². The molecule has 5 nitrogen and oxygen atoms in total. The minimum absolute atomic E-state index is 0.156. The normalized spacial score (nSPS) is 12.1. The molecule has 0 saturated carbocycles. The van der Waals surface area contributed by atoms with Crippen molar-refractivity contribution in [3.63, 3.8) is 0 Å². The van der Waals surface area contributed by atoms with Crippen molar-refractivity contribution in [2.75, 3.05) is 19.8 Å². The first-order valence-corrected chi connectivity index (χ1v) is 29.2. The van der Waals surface area contributed by atoms with Gasteiger partial charge in [-0.15, -0.1) is 0 Å². The molecule has 0 fully saturated rings. The maximum Gasteiger partial charge on any atom is 0.305 e. The first kappa shape index (κ1) is 62.6. The molecule has 0 aromatic carbocycles. The first-order valence-electron chi connectivity index (χ1n) is 29.2. The van der Waals surface area contributed by atoms with Crippen molar-refractivity contribution >= 4 is 11.9 Å². The number of allylic oxidation sites excluding steroid dienone is 2. The van der Waals surface area contributed by atoms with E-state index in [1.54, 1.807) is 0 Å². The average Bonchev–Trinajstić information content (AvgIpc) is 3.30. The predicted octanol–water partition coefficient (Wildman–Crippen LogP) is 19.8. The molecule has 0 aliphatic carbocycles. The van der Waals surface area contributed by atoms with Crippen LogP contribution in [-0.4, -0.2) is 37.9 Å². The number of carbonyl (C=O) groups excluding carboxylic acids is 2. The minimum Gasteiger partial charge on any atom is -0.463 e. The summed E-state index contributed by atoms with van der Waals surface area (Å²) in [7, 11) is 0. The van der Waals surface area contributed by atoms with E-state index < -0.39 is 6.10 Å². The van der Waals surface area contributed by atoms with Crippen molar-refractivity contribution in [3.8, 4) is 0 Å². The van der Waals surface area contributed by atoms with Crippen LogP contribution < -0.4 is 0 Å². The van der Waals surface area contributed by atoms with Gasteiger partial charge in [0.1, 0.15) is 19.3 Å². The lowest BCUT2D eigenvalue weighted by molar-refractivity contribution is -0.155. The first-order chi connectivity index (χ1) is 31.6. The molecule has 0 radical (unpaired) electrons. The van der Waals surface area contributed by atoms with Crippen molar-refractivity contribution in [2.24, 2.45) is 0 Å². The van der Waals surface area contributed by atoms with Crippen LogP contribution in [0.25, 0.3) is 0 Å². The number of ether oxygens (including phenoxy) is 3. The summed E-state index contributed by atoms with van der Waals surface area (Å²) < 4.78 is 17.5. The summed E-state index contributed by atoms with van der Waals surface area (Å²) in [6.45, 7) is 7.79. The molecule has 1 atom stereocenters. The van der Waals surface area contributed by atoms with Crippen molar-refractivity contribution < 1.29 is 23.8 Å². The molecule has 0 unspecified atom stereocenters. The molecule has 0 N–H and O–H groups in total. The number of carbonyl (C=O) groups is 2. The van der Waals surface area contributed by atoms with Crippen molar-refractivity contribution in [3.05, 3.63) is 12.2 Å². The molecule has 0 aromatic heterocycles. The highest BCUT2D eigenvalue weighted by Gasteiger charge is 2.16. The lowest BCUT2D eigenvalue weighted by atomic mass is 10.0. The van der Waals surface area contributed by atoms with Crippen LogP contribution in [0.4, 0.5) is 0 Å². The van der Waals surface area contributed by atoms with Crippen LogP contribution in [-0.2, 0) is 23.8 Å². The Labute approximate surface area is 401 Å². The Morgan fingerprint density at radius 2 is 0.547 bits per heavy atom. The fourth-order valence-electron chi connectivity index (χ4n) is 8.89. The van der Waals surface area contributed by atoms with E-state index in [1.807, 2.05) is 0 Å². The molecule has 0 bridgehead atoms. The highest BCUT2D eigenvalue weighted by Crippen LogP contribution is 2.17. The fraction of sp³-hybridized carbons (Fsp3) is 0.932. The van der Waals surface area contributed by atoms with Gasteiger partial charge in [-0.2, -0.15) is 0 Å². The van der Waals surface area contributed by atoms with E-state index >= 15 is 0 Å². The molecule has 0 aromatic rings. The molecule has 380 valence electrons. The van der Waals surface area contributed by atoms with Gasteiger partial charge in [0.25, 0.3) is 0 Å². The molecule has 0 amide bonds. The maximum absolute atomic E-state index is 12.7. The summed E-state index contributed by atoms with van der Waals surface area (Å²) in [6, 6.07) is 0. The van der Waals surface area contributed by atoms with Gasteiger partial charge in [-0.1, -0.05) is 283 Å². The zero-order chi connectivity index (χ0) is 46.3. The number of rotatable bonds is 55. The average molecular weight is 904 g/mol. The number of hydrogen-bond donors (Lipinski definition) is 0. The molecule has 64 heavy (non-hydrogen) atoms. The summed E-state index contributed by atoms with van der Waals surface area (Å²) in [6.07, 6.45) is 65.4. The van der Waals surface area contributed by atoms with Crippen LogP contribution >= 0.6 is 0 Å². The third-order valence-electron chi connectivity index (χ3n) is 13.3. The van der Waals surface area contributed by atoms with Gasteiger partial charge in [0, 0.05) is 19.4 Å². The van der Waals surface area contributed by atoms with Crippen LogP contribution in [0, 0.1) is 0 Å². The minimum atomic E-state index is -0.394. The summed E-state index contributed by atoms with van der Waals surface area (Å²) in [5, 5.41) is 0. The standard InChI is InChI=1S/C59H114O5/c1-4-7-10-13-16-19-22-25-27-29-30-31-32-35-38-41-44-47-50-53-59(61)64-56-57(55-63-58(60)52-49-46-43-40-37-34-24-21-18-15-12-9-6-3)62-54-51-48-45-42-39-36-33-28-26-23-20-17-14-11-8-5-2/h21,24,57H,4-20,22-23,25-56H2,1-3H3/b24-21-/t57-/m1/s1. The number of hydrogen-bond acceptors (Lipinski definition) is 5. The third kappa shape index (κ3) is 53.3. The molecule has 0 rings (SSSR count). The zero-order valence-electron chi connectivity index (χ0n) is 43.8. The highest BCUT2D eigenvalue weighted by atomic mass is 16.6. The van der Waals surface area contributed by atoms with E-state index in [2.05, 4.69) is 32.9 Å². The van der Waals surface area contributed by atoms with Gasteiger partial charge in [-0.25, -0.2) is 0 Å². The topological polar surface area (TPSA) is 61.8 Å². The Kier molecular flexibility index (Phi) is 54.8. The summed E-state index contributed by atoms with van der Waals surface area (Å²) in [5.74, 6) is -0.320. The maximum atomic E-state index is 12.7. The van der Waals surface area contributed by atoms with Gasteiger partial charge in [0.2, 0.25) is 0 Å². The van der Waals surface area contributed by atoms with Gasteiger partial charge < -0.3 is 14.2 Å². The van der Waals surface area contributed by atoms with Crippen LogP contribution in [0.3, 0.4) is 0 Å². The Bertz CT molecular complexity index is 932. The van der Waals surface area contributed by atoms with E-state index in [4.69, 9.17) is 14.2 Å². The second-order valence-electron chi connectivity index (χ2n) is 19.9. The molecular weight excluding hydrogens is 789 g/mol. The van der Waals surface area contributed by atoms with Crippen LogP contribution in [0.15, 0.2) is 12.2 Å². The fourth-order valence-corrected chi connectivity index (χ4v) is 8.89. The van der Waals surface area contributed by atoms with Crippen molar-refractivity contribution in [1.29, 1.82) is 0 Å². The second-order valence-corrected chi connectivity index (χ2v) is 19.9. The second kappa shape index (κ2) is 56.0. The van der Waals surface area contributed by atoms with Crippen molar-refractivity contribution in [2.45, 2.75) is 335 Å². The van der Waals surface area contributed by atoms with Gasteiger partial charge in [-0.3, -0.25) is 9.59 Å². The quantitative estimate of drug-likeness (QED) is 0.0346. The molecule has 0 heterocycles. The zero-order valence-corrected chi connectivity index (χ0v) is 43.8. The van der Waals surface area contributed by atoms with E-state index in [0.717, 1.165) is 44.9 Å². The number of esters is 2. The Morgan fingerprint density at radius 3 is 0.844 bits per heavy atom. The Balaban J connectivity index is 4.17. The van der Waals surface area contributed by atoms with Gasteiger partial charge >= 0.3 is 11.9 Å². The van der Waals surface area contributed by atoms with E-state index in [0.29, 0.717) is 19.4 Å². The molecule has 0 spiro atoms. The van der Waals surface area contributed by atoms with E-state index in [-0.39, 0.29) is 25.2 Å². The Hall–Kier alpha value is -1.36. The number of unbranched alkanes of at least 4 members (excludes halogenated alkanes) is 42. The lowest BCUT2D eigenvalue weighted by Gasteiger charge is -2.18. The van der Waals surface area contributed by atoms with Gasteiger partial charge in [-0.05, 0) is 44.9 Å². The smallest absolute Gasteiger partial charge is 0.305 e. The molecule has 0 aliphatic rings. The Morgan fingerprint density at radius 1 is 0.312 bits per heavy atom. The lowest BCUT2D eigenvalue weighted by Crippen LogP contribution is -2.29.